The van der Waals surface area contributed by atoms with Crippen molar-refractivity contribution in [3.63, 3.8) is 0 Å². The van der Waals surface area contributed by atoms with Crippen molar-refractivity contribution in [1.29, 1.82) is 0 Å². The van der Waals surface area contributed by atoms with Crippen molar-refractivity contribution in [3.8, 4) is 0 Å². The molecule has 1 aromatic heterocycles. The highest BCUT2D eigenvalue weighted by molar-refractivity contribution is 9.10. The molecule has 0 aliphatic rings. The Morgan fingerprint density at radius 2 is 1.89 bits per heavy atom. The Labute approximate surface area is 171 Å². The summed E-state index contributed by atoms with van der Waals surface area (Å²) in [5.74, 6) is -0.469. The minimum atomic E-state index is -3.77. The maximum Gasteiger partial charge on any atom is 0.251 e. The third kappa shape index (κ3) is 5.19. The number of amides is 1. The zero-order valence-electron chi connectivity index (χ0n) is 14.8. The topological polar surface area (TPSA) is 88.5 Å². The highest BCUT2D eigenvalue weighted by Crippen LogP contribution is 2.27. The number of sulfonamides is 1. The molecule has 10 heteroatoms. The highest BCUT2D eigenvalue weighted by atomic mass is 79.9. The third-order valence-electron chi connectivity index (χ3n) is 3.80. The molecule has 0 bridgehead atoms. The minimum Gasteiger partial charge on any atom is -0.324 e. The van der Waals surface area contributed by atoms with Gasteiger partial charge in [0, 0.05) is 35.5 Å². The molecule has 1 heterocycles. The Morgan fingerprint density at radius 3 is 2.52 bits per heavy atom. The van der Waals surface area contributed by atoms with Gasteiger partial charge in [0.25, 0.3) is 5.56 Å². The van der Waals surface area contributed by atoms with Crippen LogP contribution in [0.5, 0.6) is 0 Å². The predicted molar refractivity (Wildman–Crippen MR) is 109 cm³/mol. The van der Waals surface area contributed by atoms with Gasteiger partial charge in [-0.15, -0.1) is 0 Å². The fraction of sp³-hybridized carbons (Fsp3) is 0.294. The van der Waals surface area contributed by atoms with E-state index in [1.54, 1.807) is 19.9 Å². The van der Waals surface area contributed by atoms with Crippen LogP contribution in [0.4, 0.5) is 5.69 Å². The molecular formula is C17H19BrClN3O4S. The summed E-state index contributed by atoms with van der Waals surface area (Å²) in [6.07, 6.45) is 1.50. The van der Waals surface area contributed by atoms with E-state index in [1.807, 2.05) is 0 Å². The van der Waals surface area contributed by atoms with Crippen LogP contribution in [0, 0.1) is 0 Å². The Kier molecular flexibility index (Phi) is 7.21. The minimum absolute atomic E-state index is 0.0723. The molecule has 0 aliphatic heterocycles. The lowest BCUT2D eigenvalue weighted by atomic mass is 10.3. The van der Waals surface area contributed by atoms with E-state index in [0.717, 1.165) is 0 Å². The van der Waals surface area contributed by atoms with E-state index in [-0.39, 0.29) is 27.7 Å². The van der Waals surface area contributed by atoms with Crippen LogP contribution in [0.2, 0.25) is 5.02 Å². The van der Waals surface area contributed by atoms with Gasteiger partial charge in [-0.3, -0.25) is 9.59 Å². The molecule has 1 N–H and O–H groups in total. The monoisotopic (exact) mass is 475 g/mol. The maximum absolute atomic E-state index is 12.7. The summed E-state index contributed by atoms with van der Waals surface area (Å²) in [5.41, 5.74) is -0.0487. The fourth-order valence-corrected chi connectivity index (χ4v) is 4.80. The number of benzene rings is 1. The summed E-state index contributed by atoms with van der Waals surface area (Å²) in [4.78, 5) is 24.0. The molecule has 0 unspecified atom stereocenters. The van der Waals surface area contributed by atoms with Gasteiger partial charge in [-0.1, -0.05) is 25.4 Å². The van der Waals surface area contributed by atoms with Crippen molar-refractivity contribution < 1.29 is 13.2 Å². The second-order valence-electron chi connectivity index (χ2n) is 5.60. The molecule has 2 rings (SSSR count). The van der Waals surface area contributed by atoms with E-state index < -0.39 is 15.9 Å². The van der Waals surface area contributed by atoms with Crippen LogP contribution in [0.1, 0.15) is 13.8 Å². The number of aromatic nitrogens is 1. The number of nitrogens with one attached hydrogen (secondary N) is 1. The SMILES string of the molecule is CCN(CC)S(=O)(=O)c1cc(NC(=O)Cn2cc(Br)ccc2=O)ccc1Cl. The quantitative estimate of drug-likeness (QED) is 0.665. The molecule has 0 radical (unpaired) electrons. The first-order chi connectivity index (χ1) is 12.7. The Balaban J connectivity index is 2.26. The summed E-state index contributed by atoms with van der Waals surface area (Å²) in [6, 6.07) is 7.16. The second-order valence-corrected chi connectivity index (χ2v) is 8.83. The fourth-order valence-electron chi connectivity index (χ4n) is 2.46. The van der Waals surface area contributed by atoms with Gasteiger partial charge in [0.05, 0.1) is 5.02 Å². The van der Waals surface area contributed by atoms with Gasteiger partial charge in [-0.2, -0.15) is 4.31 Å². The lowest BCUT2D eigenvalue weighted by molar-refractivity contribution is -0.116. The number of pyridine rings is 1. The van der Waals surface area contributed by atoms with Gasteiger partial charge in [-0.05, 0) is 40.2 Å². The van der Waals surface area contributed by atoms with Crippen molar-refractivity contribution in [2.24, 2.45) is 0 Å². The largest absolute Gasteiger partial charge is 0.324 e. The number of anilines is 1. The molecule has 146 valence electrons. The maximum atomic E-state index is 12.7. The van der Waals surface area contributed by atoms with Crippen LogP contribution in [-0.4, -0.2) is 36.3 Å². The van der Waals surface area contributed by atoms with Gasteiger partial charge in [0.2, 0.25) is 15.9 Å². The van der Waals surface area contributed by atoms with Gasteiger partial charge in [0.1, 0.15) is 11.4 Å². The summed E-state index contributed by atoms with van der Waals surface area (Å²) in [7, 11) is -3.77. The molecule has 0 fully saturated rings. The van der Waals surface area contributed by atoms with Crippen LogP contribution < -0.4 is 10.9 Å². The summed E-state index contributed by atoms with van der Waals surface area (Å²) in [6.45, 7) is 3.86. The van der Waals surface area contributed by atoms with E-state index in [1.165, 1.54) is 39.3 Å². The average molecular weight is 477 g/mol. The number of rotatable bonds is 7. The van der Waals surface area contributed by atoms with Crippen LogP contribution in [0.25, 0.3) is 0 Å². The van der Waals surface area contributed by atoms with Crippen LogP contribution >= 0.6 is 27.5 Å². The summed E-state index contributed by atoms with van der Waals surface area (Å²) in [5, 5.41) is 2.67. The van der Waals surface area contributed by atoms with E-state index in [4.69, 9.17) is 11.6 Å². The van der Waals surface area contributed by atoms with Gasteiger partial charge < -0.3 is 9.88 Å². The Hall–Kier alpha value is -1.68. The molecule has 1 amide bonds. The zero-order chi connectivity index (χ0) is 20.2. The van der Waals surface area contributed by atoms with E-state index in [0.29, 0.717) is 17.6 Å². The van der Waals surface area contributed by atoms with Gasteiger partial charge in [-0.25, -0.2) is 8.42 Å². The molecule has 1 aromatic carbocycles. The smallest absolute Gasteiger partial charge is 0.251 e. The van der Waals surface area contributed by atoms with Crippen molar-refractivity contribution in [2.45, 2.75) is 25.3 Å². The molecule has 0 aliphatic carbocycles. The number of halogens is 2. The van der Waals surface area contributed by atoms with Gasteiger partial charge >= 0.3 is 0 Å². The normalized spacial score (nSPS) is 11.6. The first-order valence-electron chi connectivity index (χ1n) is 8.14. The van der Waals surface area contributed by atoms with E-state index in [9.17, 15) is 18.0 Å². The molecule has 0 atom stereocenters. The predicted octanol–water partition coefficient (Wildman–Crippen LogP) is 2.93. The van der Waals surface area contributed by atoms with Crippen molar-refractivity contribution in [1.82, 2.24) is 8.87 Å². The highest BCUT2D eigenvalue weighted by Gasteiger charge is 2.25. The van der Waals surface area contributed by atoms with Crippen LogP contribution in [0.15, 0.2) is 50.7 Å². The molecule has 2 aromatic rings. The standard InChI is InChI=1S/C17H19BrClN3O4S/c1-3-22(4-2)27(25,26)15-9-13(6-7-14(15)19)20-16(23)11-21-10-12(18)5-8-17(21)24/h5-10H,3-4,11H2,1-2H3,(H,20,23). The van der Waals surface area contributed by atoms with Gasteiger partial charge in [0.15, 0.2) is 0 Å². The second kappa shape index (κ2) is 9.01. The Bertz CT molecular complexity index is 1000. The average Bonchev–Trinajstić information content (AvgIpc) is 2.60. The van der Waals surface area contributed by atoms with Crippen molar-refractivity contribution >= 4 is 49.1 Å². The summed E-state index contributed by atoms with van der Waals surface area (Å²) < 4.78 is 28.6. The molecule has 0 saturated heterocycles. The molecule has 27 heavy (non-hydrogen) atoms. The molecule has 7 nitrogen and oxygen atoms in total. The van der Waals surface area contributed by atoms with Crippen molar-refractivity contribution in [3.05, 3.63) is 56.4 Å². The molecular weight excluding hydrogens is 458 g/mol. The van der Waals surface area contributed by atoms with E-state index >= 15 is 0 Å². The summed E-state index contributed by atoms with van der Waals surface area (Å²) >= 11 is 9.32. The number of nitrogens with zero attached hydrogens (tertiary/aromatic N) is 2. The van der Waals surface area contributed by atoms with E-state index in [2.05, 4.69) is 21.2 Å². The molecule has 0 saturated carbocycles. The number of hydrogen-bond donors (Lipinski definition) is 1. The third-order valence-corrected chi connectivity index (χ3v) is 6.80. The van der Waals surface area contributed by atoms with Crippen molar-refractivity contribution in [2.75, 3.05) is 18.4 Å². The lowest BCUT2D eigenvalue weighted by Crippen LogP contribution is -2.31. The number of carbonyl (C=O) groups is 1. The Morgan fingerprint density at radius 1 is 1.22 bits per heavy atom. The number of hydrogen-bond acceptors (Lipinski definition) is 4. The lowest BCUT2D eigenvalue weighted by Gasteiger charge is -2.19. The first-order valence-corrected chi connectivity index (χ1v) is 10.8. The molecule has 0 spiro atoms. The zero-order valence-corrected chi connectivity index (χ0v) is 17.9. The van der Waals surface area contributed by atoms with Crippen LogP contribution in [-0.2, 0) is 21.4 Å². The number of carbonyl (C=O) groups excluding carboxylic acids is 1. The van der Waals surface area contributed by atoms with Crippen LogP contribution in [0.3, 0.4) is 0 Å². The first kappa shape index (κ1) is 21.6.